The van der Waals surface area contributed by atoms with Crippen LogP contribution in [0.5, 0.6) is 5.75 Å². The van der Waals surface area contributed by atoms with Crippen LogP contribution < -0.4 is 15.4 Å². The smallest absolute Gasteiger partial charge is 0.407 e. The molecular formula is C20H24N2O3. The molecule has 5 nitrogen and oxygen atoms in total. The number of carbonyl (C=O) groups is 1. The van der Waals surface area contributed by atoms with Crippen LogP contribution in [-0.2, 0) is 11.3 Å². The van der Waals surface area contributed by atoms with Gasteiger partial charge in [-0.05, 0) is 30.7 Å². The molecule has 0 spiro atoms. The first-order valence-corrected chi connectivity index (χ1v) is 8.50. The molecule has 0 bridgehead atoms. The highest BCUT2D eigenvalue weighted by atomic mass is 16.5. The molecule has 132 valence electrons. The van der Waals surface area contributed by atoms with E-state index in [1.54, 1.807) is 7.11 Å². The monoisotopic (exact) mass is 340 g/mol. The van der Waals surface area contributed by atoms with E-state index >= 15 is 0 Å². The zero-order chi connectivity index (χ0) is 17.8. The number of carbonyl (C=O) groups excluding carboxylic acids is 1. The number of alkyl carbamates (subject to hydrolysis) is 1. The number of rotatable bonds is 4. The number of nitrogens with one attached hydrogen (secondary N) is 2. The second-order valence-electron chi connectivity index (χ2n) is 6.43. The average Bonchev–Trinajstić information content (AvgIpc) is 2.64. The van der Waals surface area contributed by atoms with Crippen LogP contribution in [0.15, 0.2) is 48.5 Å². The van der Waals surface area contributed by atoms with Crippen molar-refractivity contribution >= 4 is 11.8 Å². The van der Waals surface area contributed by atoms with Gasteiger partial charge in [-0.1, -0.05) is 37.3 Å². The van der Waals surface area contributed by atoms with E-state index < -0.39 is 6.09 Å². The Bertz CT molecular complexity index is 733. The van der Waals surface area contributed by atoms with Crippen LogP contribution in [0.25, 0.3) is 0 Å². The van der Waals surface area contributed by atoms with Gasteiger partial charge in [0.25, 0.3) is 0 Å². The molecular weight excluding hydrogens is 316 g/mol. The fraction of sp³-hybridized carbons (Fsp3) is 0.350. The van der Waals surface area contributed by atoms with E-state index in [0.717, 1.165) is 22.6 Å². The molecule has 5 heteroatoms. The minimum atomic E-state index is -0.413. The lowest BCUT2D eigenvalue weighted by atomic mass is 9.84. The Labute approximate surface area is 148 Å². The van der Waals surface area contributed by atoms with E-state index in [4.69, 9.17) is 9.47 Å². The second-order valence-corrected chi connectivity index (χ2v) is 6.43. The fourth-order valence-electron chi connectivity index (χ4n) is 3.11. The number of amides is 1. The lowest BCUT2D eigenvalue weighted by Crippen LogP contribution is -2.42. The van der Waals surface area contributed by atoms with Gasteiger partial charge in [0, 0.05) is 23.2 Å². The van der Waals surface area contributed by atoms with Crippen LogP contribution in [0.3, 0.4) is 0 Å². The molecule has 3 rings (SSSR count). The number of hydrogen-bond donors (Lipinski definition) is 2. The maximum Gasteiger partial charge on any atom is 0.407 e. The molecule has 0 saturated heterocycles. The van der Waals surface area contributed by atoms with Gasteiger partial charge in [-0.25, -0.2) is 4.79 Å². The van der Waals surface area contributed by atoms with Crippen molar-refractivity contribution in [3.8, 4) is 5.75 Å². The summed E-state index contributed by atoms with van der Waals surface area (Å²) in [6.45, 7) is 4.48. The van der Waals surface area contributed by atoms with Crippen molar-refractivity contribution in [3.05, 3.63) is 59.7 Å². The summed E-state index contributed by atoms with van der Waals surface area (Å²) >= 11 is 0. The predicted molar refractivity (Wildman–Crippen MR) is 97.7 cm³/mol. The molecule has 3 atom stereocenters. The lowest BCUT2D eigenvalue weighted by Gasteiger charge is -2.37. The standard InChI is InChI=1S/C20H24N2O3/c1-13-14(2)21-18-10-9-16(24-3)11-17(18)19(13)22-20(23)25-12-15-7-5-4-6-8-15/h4-11,13-14,19,21H,12H2,1-3H3,(H,22,23). The van der Waals surface area contributed by atoms with Crippen molar-refractivity contribution in [3.63, 3.8) is 0 Å². The van der Waals surface area contributed by atoms with Crippen molar-refractivity contribution in [2.75, 3.05) is 12.4 Å². The predicted octanol–water partition coefficient (Wildman–Crippen LogP) is 4.11. The van der Waals surface area contributed by atoms with Crippen molar-refractivity contribution in [1.29, 1.82) is 0 Å². The molecule has 0 radical (unpaired) electrons. The molecule has 25 heavy (non-hydrogen) atoms. The molecule has 0 saturated carbocycles. The van der Waals surface area contributed by atoms with Crippen LogP contribution in [0.1, 0.15) is 31.0 Å². The molecule has 1 aliphatic heterocycles. The van der Waals surface area contributed by atoms with Gasteiger partial charge in [0.2, 0.25) is 0 Å². The number of ether oxygens (including phenoxy) is 2. The van der Waals surface area contributed by atoms with Crippen LogP contribution in [0, 0.1) is 5.92 Å². The lowest BCUT2D eigenvalue weighted by molar-refractivity contribution is 0.131. The molecule has 2 aromatic carbocycles. The van der Waals surface area contributed by atoms with E-state index in [1.807, 2.05) is 48.5 Å². The number of anilines is 1. The molecule has 0 fully saturated rings. The quantitative estimate of drug-likeness (QED) is 0.879. The van der Waals surface area contributed by atoms with Gasteiger partial charge in [0.05, 0.1) is 13.2 Å². The topological polar surface area (TPSA) is 59.6 Å². The van der Waals surface area contributed by atoms with E-state index in [-0.39, 0.29) is 24.6 Å². The Morgan fingerprint density at radius 2 is 1.92 bits per heavy atom. The molecule has 3 unspecified atom stereocenters. The summed E-state index contributed by atoms with van der Waals surface area (Å²) in [5.74, 6) is 0.982. The molecule has 1 heterocycles. The highest BCUT2D eigenvalue weighted by Gasteiger charge is 2.33. The fourth-order valence-corrected chi connectivity index (χ4v) is 3.11. The van der Waals surface area contributed by atoms with E-state index in [9.17, 15) is 4.79 Å². The summed E-state index contributed by atoms with van der Waals surface area (Å²) in [6, 6.07) is 15.6. The van der Waals surface area contributed by atoms with Gasteiger partial charge in [-0.2, -0.15) is 0 Å². The summed E-state index contributed by atoms with van der Waals surface area (Å²) < 4.78 is 10.7. The van der Waals surface area contributed by atoms with Gasteiger partial charge >= 0.3 is 6.09 Å². The Hall–Kier alpha value is -2.69. The van der Waals surface area contributed by atoms with Crippen molar-refractivity contribution < 1.29 is 14.3 Å². The first kappa shape index (κ1) is 17.1. The number of hydrogen-bond acceptors (Lipinski definition) is 4. The molecule has 0 aliphatic carbocycles. The first-order chi connectivity index (χ1) is 12.1. The third kappa shape index (κ3) is 3.87. The van der Waals surface area contributed by atoms with Crippen molar-refractivity contribution in [2.45, 2.75) is 32.5 Å². The minimum Gasteiger partial charge on any atom is -0.497 e. The minimum absolute atomic E-state index is 0.135. The van der Waals surface area contributed by atoms with Crippen LogP contribution in [-0.4, -0.2) is 19.2 Å². The maximum atomic E-state index is 12.3. The normalized spacial score (nSPS) is 21.6. The summed E-state index contributed by atoms with van der Waals surface area (Å²) in [5.41, 5.74) is 2.99. The van der Waals surface area contributed by atoms with Gasteiger partial charge in [-0.3, -0.25) is 0 Å². The molecule has 2 aromatic rings. The Kier molecular flexibility index (Phi) is 5.12. The van der Waals surface area contributed by atoms with Crippen LogP contribution in [0.4, 0.5) is 10.5 Å². The summed E-state index contributed by atoms with van der Waals surface area (Å²) in [4.78, 5) is 12.3. The van der Waals surface area contributed by atoms with Crippen molar-refractivity contribution in [2.24, 2.45) is 5.92 Å². The van der Waals surface area contributed by atoms with Gasteiger partial charge in [0.15, 0.2) is 0 Å². The van der Waals surface area contributed by atoms with Crippen LogP contribution in [0.2, 0.25) is 0 Å². The summed E-state index contributed by atoms with van der Waals surface area (Å²) in [5, 5.41) is 6.49. The summed E-state index contributed by atoms with van der Waals surface area (Å²) in [6.07, 6.45) is -0.413. The third-order valence-corrected chi connectivity index (χ3v) is 4.78. The summed E-state index contributed by atoms with van der Waals surface area (Å²) in [7, 11) is 1.64. The zero-order valence-electron chi connectivity index (χ0n) is 14.8. The highest BCUT2D eigenvalue weighted by Crippen LogP contribution is 2.38. The number of fused-ring (bicyclic) bond motifs is 1. The molecule has 1 amide bonds. The molecule has 2 N–H and O–H groups in total. The van der Waals surface area contributed by atoms with Gasteiger partial charge < -0.3 is 20.1 Å². The third-order valence-electron chi connectivity index (χ3n) is 4.78. The zero-order valence-corrected chi connectivity index (χ0v) is 14.8. The molecule has 0 aromatic heterocycles. The maximum absolute atomic E-state index is 12.3. The average molecular weight is 340 g/mol. The van der Waals surface area contributed by atoms with Gasteiger partial charge in [0.1, 0.15) is 12.4 Å². The number of benzene rings is 2. The largest absolute Gasteiger partial charge is 0.497 e. The van der Waals surface area contributed by atoms with E-state index in [0.29, 0.717) is 0 Å². The Morgan fingerprint density at radius 3 is 2.64 bits per heavy atom. The van der Waals surface area contributed by atoms with Gasteiger partial charge in [-0.15, -0.1) is 0 Å². The van der Waals surface area contributed by atoms with E-state index in [2.05, 4.69) is 24.5 Å². The van der Waals surface area contributed by atoms with E-state index in [1.165, 1.54) is 0 Å². The Balaban J connectivity index is 1.73. The first-order valence-electron chi connectivity index (χ1n) is 8.50. The second kappa shape index (κ2) is 7.47. The van der Waals surface area contributed by atoms with Crippen molar-refractivity contribution in [1.82, 2.24) is 5.32 Å². The Morgan fingerprint density at radius 1 is 1.16 bits per heavy atom. The molecule has 1 aliphatic rings. The number of methoxy groups -OCH3 is 1. The SMILES string of the molecule is COc1ccc2c(c1)C(NC(=O)OCc1ccccc1)C(C)C(C)N2. The van der Waals surface area contributed by atoms with Crippen LogP contribution >= 0.6 is 0 Å². The highest BCUT2D eigenvalue weighted by molar-refractivity contribution is 5.70.